The van der Waals surface area contributed by atoms with Gasteiger partial charge in [-0.1, -0.05) is 43.6 Å². The van der Waals surface area contributed by atoms with Gasteiger partial charge in [0.15, 0.2) is 0 Å². The molecule has 112 valence electrons. The maximum Gasteiger partial charge on any atom is 0.252 e. The molecular formula is C18H24N2O. The maximum atomic E-state index is 12.5. The zero-order chi connectivity index (χ0) is 15.1. The molecule has 0 aromatic heterocycles. The molecule has 1 aliphatic rings. The van der Waals surface area contributed by atoms with Gasteiger partial charge in [-0.05, 0) is 37.5 Å². The van der Waals surface area contributed by atoms with Crippen LogP contribution >= 0.6 is 0 Å². The molecule has 3 N–H and O–H groups in total. The first-order valence-corrected chi connectivity index (χ1v) is 7.81. The maximum absolute atomic E-state index is 12.5. The molecule has 0 radical (unpaired) electrons. The lowest BCUT2D eigenvalue weighted by atomic mass is 10.0. The number of hydrogen-bond acceptors (Lipinski definition) is 2. The number of hydrogen-bond donors (Lipinski definition) is 2. The summed E-state index contributed by atoms with van der Waals surface area (Å²) in [4.78, 5) is 12.5. The molecule has 2 rings (SSSR count). The Kier molecular flexibility index (Phi) is 5.83. The highest BCUT2D eigenvalue weighted by molar-refractivity contribution is 5.97. The standard InChI is InChI=1S/C18H24N2O/c1-14-10-11-17(15(13-14)7-6-12-19)18(21)20-16-8-4-2-3-5-9-16/h10-11,13,16H,2-5,8-9,12,19H2,1H3,(H,20,21). The van der Waals surface area contributed by atoms with Gasteiger partial charge in [0.05, 0.1) is 12.1 Å². The molecule has 1 fully saturated rings. The number of nitrogens with two attached hydrogens (primary N) is 1. The first kappa shape index (κ1) is 15.6. The summed E-state index contributed by atoms with van der Waals surface area (Å²) in [6.07, 6.45) is 7.15. The molecule has 0 spiro atoms. The molecule has 0 atom stereocenters. The molecule has 1 saturated carbocycles. The topological polar surface area (TPSA) is 55.1 Å². The van der Waals surface area contributed by atoms with Crippen molar-refractivity contribution >= 4 is 5.91 Å². The summed E-state index contributed by atoms with van der Waals surface area (Å²) in [6.45, 7) is 2.30. The number of aryl methyl sites for hydroxylation is 1. The number of amides is 1. The minimum atomic E-state index is -0.0109. The third-order valence-electron chi connectivity index (χ3n) is 3.94. The Morgan fingerprint density at radius 3 is 2.67 bits per heavy atom. The van der Waals surface area contributed by atoms with Crippen molar-refractivity contribution in [2.45, 2.75) is 51.5 Å². The van der Waals surface area contributed by atoms with Gasteiger partial charge in [0.1, 0.15) is 0 Å². The Morgan fingerprint density at radius 2 is 2.00 bits per heavy atom. The van der Waals surface area contributed by atoms with Crippen LogP contribution in [-0.4, -0.2) is 18.5 Å². The fourth-order valence-corrected chi connectivity index (χ4v) is 2.79. The molecule has 0 heterocycles. The van der Waals surface area contributed by atoms with Crippen molar-refractivity contribution in [3.8, 4) is 11.8 Å². The van der Waals surface area contributed by atoms with Crippen molar-refractivity contribution < 1.29 is 4.79 Å². The van der Waals surface area contributed by atoms with Gasteiger partial charge in [0.2, 0.25) is 0 Å². The smallest absolute Gasteiger partial charge is 0.252 e. The predicted molar refractivity (Wildman–Crippen MR) is 86.1 cm³/mol. The molecule has 21 heavy (non-hydrogen) atoms. The molecule has 0 saturated heterocycles. The van der Waals surface area contributed by atoms with Gasteiger partial charge in [0, 0.05) is 11.6 Å². The lowest BCUT2D eigenvalue weighted by Gasteiger charge is -2.17. The van der Waals surface area contributed by atoms with Gasteiger partial charge in [-0.25, -0.2) is 0 Å². The quantitative estimate of drug-likeness (QED) is 0.648. The lowest BCUT2D eigenvalue weighted by molar-refractivity contribution is 0.0933. The van der Waals surface area contributed by atoms with Gasteiger partial charge < -0.3 is 11.1 Å². The van der Waals surface area contributed by atoms with Gasteiger partial charge in [-0.15, -0.1) is 0 Å². The SMILES string of the molecule is Cc1ccc(C(=O)NC2CCCCCC2)c(C#CCN)c1. The van der Waals surface area contributed by atoms with Gasteiger partial charge in [-0.3, -0.25) is 4.79 Å². The molecule has 0 bridgehead atoms. The average Bonchev–Trinajstić information content (AvgIpc) is 2.73. The summed E-state index contributed by atoms with van der Waals surface area (Å²) >= 11 is 0. The van der Waals surface area contributed by atoms with Crippen molar-refractivity contribution in [2.24, 2.45) is 5.73 Å². The molecule has 1 amide bonds. The Labute approximate surface area is 127 Å². The van der Waals surface area contributed by atoms with E-state index in [1.807, 2.05) is 25.1 Å². The Bertz CT molecular complexity index is 546. The van der Waals surface area contributed by atoms with Crippen LogP contribution in [-0.2, 0) is 0 Å². The number of benzene rings is 1. The van der Waals surface area contributed by atoms with Crippen LogP contribution in [0, 0.1) is 18.8 Å². The van der Waals surface area contributed by atoms with Crippen molar-refractivity contribution in [3.63, 3.8) is 0 Å². The highest BCUT2D eigenvalue weighted by Crippen LogP contribution is 2.18. The van der Waals surface area contributed by atoms with Crippen LogP contribution < -0.4 is 11.1 Å². The van der Waals surface area contributed by atoms with E-state index in [9.17, 15) is 4.79 Å². The monoisotopic (exact) mass is 284 g/mol. The fraction of sp³-hybridized carbons (Fsp3) is 0.500. The summed E-state index contributed by atoms with van der Waals surface area (Å²) in [6, 6.07) is 6.07. The van der Waals surface area contributed by atoms with E-state index in [-0.39, 0.29) is 5.91 Å². The Balaban J connectivity index is 2.14. The predicted octanol–water partition coefficient (Wildman–Crippen LogP) is 2.76. The van der Waals surface area contributed by atoms with Gasteiger partial charge in [0.25, 0.3) is 5.91 Å². The number of carbonyl (C=O) groups excluding carboxylic acids is 1. The number of rotatable bonds is 2. The first-order chi connectivity index (χ1) is 10.2. The van der Waals surface area contributed by atoms with Crippen LogP contribution in [0.4, 0.5) is 0 Å². The van der Waals surface area contributed by atoms with Crippen molar-refractivity contribution in [1.29, 1.82) is 0 Å². The van der Waals surface area contributed by atoms with E-state index >= 15 is 0 Å². The largest absolute Gasteiger partial charge is 0.349 e. The number of nitrogens with one attached hydrogen (secondary N) is 1. The van der Waals surface area contributed by atoms with E-state index in [0.717, 1.165) is 24.0 Å². The van der Waals surface area contributed by atoms with Crippen LogP contribution in [0.25, 0.3) is 0 Å². The van der Waals surface area contributed by atoms with Crippen molar-refractivity contribution in [2.75, 3.05) is 6.54 Å². The summed E-state index contributed by atoms with van der Waals surface area (Å²) in [7, 11) is 0. The normalized spacial score (nSPS) is 15.7. The Hall–Kier alpha value is -1.79. The van der Waals surface area contributed by atoms with Crippen LogP contribution in [0.15, 0.2) is 18.2 Å². The van der Waals surface area contributed by atoms with Gasteiger partial charge in [-0.2, -0.15) is 0 Å². The van der Waals surface area contributed by atoms with Crippen molar-refractivity contribution in [1.82, 2.24) is 5.32 Å². The summed E-state index contributed by atoms with van der Waals surface area (Å²) in [5.41, 5.74) is 7.96. The van der Waals surface area contributed by atoms with Crippen LogP contribution in [0.5, 0.6) is 0 Å². The molecule has 3 heteroatoms. The fourth-order valence-electron chi connectivity index (χ4n) is 2.79. The average molecular weight is 284 g/mol. The molecule has 1 aromatic carbocycles. The third kappa shape index (κ3) is 4.61. The second-order valence-electron chi connectivity index (χ2n) is 5.72. The molecule has 3 nitrogen and oxygen atoms in total. The minimum Gasteiger partial charge on any atom is -0.349 e. The minimum absolute atomic E-state index is 0.0109. The van der Waals surface area contributed by atoms with E-state index in [4.69, 9.17) is 5.73 Å². The highest BCUT2D eigenvalue weighted by atomic mass is 16.1. The van der Waals surface area contributed by atoms with Gasteiger partial charge >= 0.3 is 0 Å². The second kappa shape index (κ2) is 7.85. The number of carbonyl (C=O) groups is 1. The lowest BCUT2D eigenvalue weighted by Crippen LogP contribution is -2.34. The zero-order valence-electron chi connectivity index (χ0n) is 12.7. The van der Waals surface area contributed by atoms with E-state index in [0.29, 0.717) is 18.2 Å². The molecular weight excluding hydrogens is 260 g/mol. The van der Waals surface area contributed by atoms with E-state index in [1.165, 1.54) is 25.7 Å². The van der Waals surface area contributed by atoms with Crippen LogP contribution in [0.2, 0.25) is 0 Å². The van der Waals surface area contributed by atoms with Crippen LogP contribution in [0.1, 0.15) is 60.0 Å². The second-order valence-corrected chi connectivity index (χ2v) is 5.72. The third-order valence-corrected chi connectivity index (χ3v) is 3.94. The van der Waals surface area contributed by atoms with E-state index in [1.54, 1.807) is 0 Å². The highest BCUT2D eigenvalue weighted by Gasteiger charge is 2.17. The Morgan fingerprint density at radius 1 is 1.29 bits per heavy atom. The summed E-state index contributed by atoms with van der Waals surface area (Å²) in [5, 5.41) is 3.17. The molecule has 0 aliphatic heterocycles. The molecule has 1 aliphatic carbocycles. The zero-order valence-corrected chi connectivity index (χ0v) is 12.7. The van der Waals surface area contributed by atoms with Crippen LogP contribution in [0.3, 0.4) is 0 Å². The van der Waals surface area contributed by atoms with Crippen molar-refractivity contribution in [3.05, 3.63) is 34.9 Å². The van der Waals surface area contributed by atoms with E-state index in [2.05, 4.69) is 17.2 Å². The summed E-state index contributed by atoms with van der Waals surface area (Å²) in [5.74, 6) is 5.84. The van der Waals surface area contributed by atoms with E-state index < -0.39 is 0 Å². The molecule has 1 aromatic rings. The molecule has 0 unspecified atom stereocenters. The summed E-state index contributed by atoms with van der Waals surface area (Å²) < 4.78 is 0. The first-order valence-electron chi connectivity index (χ1n) is 7.81.